The Morgan fingerprint density at radius 1 is 1.17 bits per heavy atom. The van der Waals surface area contributed by atoms with Crippen molar-refractivity contribution >= 4 is 23.3 Å². The Hall–Kier alpha value is -2.25. The van der Waals surface area contributed by atoms with Crippen LogP contribution < -0.4 is 4.74 Å². The summed E-state index contributed by atoms with van der Waals surface area (Å²) in [6.45, 7) is 4.90. The smallest absolute Gasteiger partial charge is 0.314 e. The Labute approximate surface area is 183 Å². The number of quaternary nitrogens is 1. The molecule has 0 bridgehead atoms. The number of ether oxygens (including phenoxy) is 2. The summed E-state index contributed by atoms with van der Waals surface area (Å²) in [6.07, 6.45) is 8.08. The van der Waals surface area contributed by atoms with Gasteiger partial charge in [-0.25, -0.2) is 0 Å². The van der Waals surface area contributed by atoms with Crippen LogP contribution in [-0.4, -0.2) is 52.7 Å². The molecule has 1 unspecified atom stereocenters. The van der Waals surface area contributed by atoms with Gasteiger partial charge in [0.1, 0.15) is 12.2 Å². The zero-order chi connectivity index (χ0) is 21.2. The molecule has 1 aromatic heterocycles. The van der Waals surface area contributed by atoms with Gasteiger partial charge in [-0.1, -0.05) is 62.6 Å². The maximum absolute atomic E-state index is 12.3. The normalized spacial score (nSPS) is 18.7. The lowest BCUT2D eigenvalue weighted by Gasteiger charge is -2.36. The minimum absolute atomic E-state index is 0.192. The molecule has 0 N–H and O–H groups in total. The van der Waals surface area contributed by atoms with Crippen molar-refractivity contribution in [2.75, 3.05) is 33.5 Å². The Balaban J connectivity index is 1.52. The topological polar surface area (TPSA) is 61.3 Å². The summed E-state index contributed by atoms with van der Waals surface area (Å²) in [6, 6.07) is 9.70. The van der Waals surface area contributed by atoms with Gasteiger partial charge in [0.15, 0.2) is 0 Å². The molecule has 2 heterocycles. The molecule has 3 rings (SSSR count). The van der Waals surface area contributed by atoms with Gasteiger partial charge in [0.25, 0.3) is 5.88 Å². The predicted molar refractivity (Wildman–Crippen MR) is 119 cm³/mol. The third-order valence-electron chi connectivity index (χ3n) is 5.34. The van der Waals surface area contributed by atoms with Crippen LogP contribution in [0, 0.1) is 0 Å². The molecule has 0 radical (unpaired) electrons. The second-order valence-electron chi connectivity index (χ2n) is 8.15. The van der Waals surface area contributed by atoms with Crippen molar-refractivity contribution in [1.82, 2.24) is 8.75 Å². The molecule has 30 heavy (non-hydrogen) atoms. The Morgan fingerprint density at radius 3 is 2.80 bits per heavy atom. The summed E-state index contributed by atoms with van der Waals surface area (Å²) >= 11 is 1.19. The number of aromatic nitrogens is 2. The number of rotatable bonds is 11. The van der Waals surface area contributed by atoms with Crippen molar-refractivity contribution in [3.05, 3.63) is 47.7 Å². The SMILES string of the molecule is CCCCCCOc1nsnc1C1=CCC[N+](C)(COC(=O)Cc2ccccc2)C1. The minimum atomic E-state index is -0.192. The number of carbonyl (C=O) groups is 1. The lowest BCUT2D eigenvalue weighted by Crippen LogP contribution is -2.49. The van der Waals surface area contributed by atoms with Crippen molar-refractivity contribution in [3.63, 3.8) is 0 Å². The van der Waals surface area contributed by atoms with E-state index in [0.29, 0.717) is 30.1 Å². The van der Waals surface area contributed by atoms with Crippen molar-refractivity contribution in [2.45, 2.75) is 45.4 Å². The van der Waals surface area contributed by atoms with Gasteiger partial charge < -0.3 is 9.47 Å². The molecule has 1 atom stereocenters. The standard InChI is InChI=1S/C23H32N3O3S/c1-3-4-5-9-15-28-23-22(24-30-25-23)20-13-10-14-26(2,17-20)18-29-21(27)16-19-11-7-6-8-12-19/h6-8,11-13H,3-5,9-10,14-18H2,1-2H3/q+1. The second kappa shape index (κ2) is 11.2. The van der Waals surface area contributed by atoms with Gasteiger partial charge in [0.05, 0.1) is 38.3 Å². The average Bonchev–Trinajstić information content (AvgIpc) is 3.22. The quantitative estimate of drug-likeness (QED) is 0.299. The van der Waals surface area contributed by atoms with Crippen LogP contribution in [0.1, 0.15) is 50.3 Å². The largest absolute Gasteiger partial charge is 0.475 e. The van der Waals surface area contributed by atoms with E-state index in [1.807, 2.05) is 30.3 Å². The average molecular weight is 431 g/mol. The molecule has 0 spiro atoms. The molecule has 1 aliphatic heterocycles. The van der Waals surface area contributed by atoms with Crippen LogP contribution in [0.3, 0.4) is 0 Å². The fraction of sp³-hybridized carbons (Fsp3) is 0.522. The Bertz CT molecular complexity index is 837. The van der Waals surface area contributed by atoms with E-state index in [-0.39, 0.29) is 5.97 Å². The van der Waals surface area contributed by atoms with Crippen molar-refractivity contribution in [2.24, 2.45) is 0 Å². The Kier molecular flexibility index (Phi) is 8.39. The molecule has 6 nitrogen and oxygen atoms in total. The van der Waals surface area contributed by atoms with E-state index in [4.69, 9.17) is 9.47 Å². The van der Waals surface area contributed by atoms with Crippen LogP contribution in [0.2, 0.25) is 0 Å². The van der Waals surface area contributed by atoms with E-state index < -0.39 is 0 Å². The molecule has 2 aromatic rings. The molecule has 1 aromatic carbocycles. The van der Waals surface area contributed by atoms with Crippen molar-refractivity contribution in [3.8, 4) is 5.88 Å². The first-order valence-corrected chi connectivity index (χ1v) is 11.5. The van der Waals surface area contributed by atoms with Crippen LogP contribution in [0.4, 0.5) is 0 Å². The predicted octanol–water partition coefficient (Wildman–Crippen LogP) is 4.47. The number of esters is 1. The van der Waals surface area contributed by atoms with E-state index >= 15 is 0 Å². The van der Waals surface area contributed by atoms with Crippen LogP contribution in [-0.2, 0) is 16.0 Å². The number of hydrogen-bond donors (Lipinski definition) is 0. The third-order valence-corrected chi connectivity index (χ3v) is 5.85. The molecular formula is C23H32N3O3S+. The van der Waals surface area contributed by atoms with Gasteiger partial charge >= 0.3 is 5.97 Å². The molecule has 0 fully saturated rings. The van der Waals surface area contributed by atoms with Gasteiger partial charge in [-0.3, -0.25) is 9.28 Å². The first-order chi connectivity index (χ1) is 14.6. The highest BCUT2D eigenvalue weighted by Crippen LogP contribution is 2.30. The molecule has 0 saturated heterocycles. The van der Waals surface area contributed by atoms with E-state index in [0.717, 1.165) is 42.8 Å². The molecule has 1 aliphatic rings. The van der Waals surface area contributed by atoms with Crippen LogP contribution in [0.5, 0.6) is 5.88 Å². The number of hydrogen-bond acceptors (Lipinski definition) is 6. The molecule has 162 valence electrons. The van der Waals surface area contributed by atoms with Crippen LogP contribution in [0.25, 0.3) is 5.57 Å². The zero-order valence-corrected chi connectivity index (χ0v) is 18.8. The summed E-state index contributed by atoms with van der Waals surface area (Å²) in [5, 5.41) is 0. The second-order valence-corrected chi connectivity index (χ2v) is 8.68. The van der Waals surface area contributed by atoms with E-state index in [1.54, 1.807) is 0 Å². The maximum Gasteiger partial charge on any atom is 0.314 e. The summed E-state index contributed by atoms with van der Waals surface area (Å²) < 4.78 is 21.0. The maximum atomic E-state index is 12.3. The molecule has 0 aliphatic carbocycles. The monoisotopic (exact) mass is 430 g/mol. The first-order valence-electron chi connectivity index (χ1n) is 10.8. The van der Waals surface area contributed by atoms with E-state index in [1.165, 1.54) is 31.0 Å². The molecule has 0 amide bonds. The van der Waals surface area contributed by atoms with Crippen LogP contribution in [0.15, 0.2) is 36.4 Å². The summed E-state index contributed by atoms with van der Waals surface area (Å²) in [5.41, 5.74) is 2.94. The Morgan fingerprint density at radius 2 is 2.00 bits per heavy atom. The summed E-state index contributed by atoms with van der Waals surface area (Å²) in [7, 11) is 2.12. The minimum Gasteiger partial charge on any atom is -0.475 e. The van der Waals surface area contributed by atoms with Gasteiger partial charge in [-0.15, -0.1) is 4.37 Å². The molecular weight excluding hydrogens is 398 g/mol. The summed E-state index contributed by atoms with van der Waals surface area (Å²) in [5.74, 6) is 0.445. The highest BCUT2D eigenvalue weighted by Gasteiger charge is 2.31. The number of carbonyl (C=O) groups excluding carboxylic acids is 1. The van der Waals surface area contributed by atoms with Crippen molar-refractivity contribution in [1.29, 1.82) is 0 Å². The number of likely N-dealkylation sites (N-methyl/N-ethyl adjacent to an activating group) is 1. The third kappa shape index (κ3) is 6.64. The summed E-state index contributed by atoms with van der Waals surface area (Å²) in [4.78, 5) is 12.3. The number of nitrogens with zero attached hydrogens (tertiary/aromatic N) is 3. The zero-order valence-electron chi connectivity index (χ0n) is 18.0. The fourth-order valence-corrected chi connectivity index (χ4v) is 4.13. The van der Waals surface area contributed by atoms with Crippen LogP contribution >= 0.6 is 11.7 Å². The first kappa shape index (κ1) is 22.4. The highest BCUT2D eigenvalue weighted by atomic mass is 32.1. The lowest BCUT2D eigenvalue weighted by molar-refractivity contribution is -0.919. The van der Waals surface area contributed by atoms with Crippen molar-refractivity contribution < 1.29 is 18.8 Å². The van der Waals surface area contributed by atoms with E-state index in [9.17, 15) is 4.79 Å². The number of benzene rings is 1. The van der Waals surface area contributed by atoms with Gasteiger partial charge in [0, 0.05) is 12.0 Å². The molecule has 7 heteroatoms. The highest BCUT2D eigenvalue weighted by molar-refractivity contribution is 6.99. The fourth-order valence-electron chi connectivity index (χ4n) is 3.60. The van der Waals surface area contributed by atoms with Gasteiger partial charge in [-0.2, -0.15) is 4.37 Å². The van der Waals surface area contributed by atoms with Gasteiger partial charge in [-0.05, 0) is 12.0 Å². The van der Waals surface area contributed by atoms with E-state index in [2.05, 4.69) is 28.8 Å². The number of unbranched alkanes of at least 4 members (excludes halogenated alkanes) is 3. The molecule has 0 saturated carbocycles. The lowest BCUT2D eigenvalue weighted by atomic mass is 10.1. The van der Waals surface area contributed by atoms with Gasteiger partial charge in [0.2, 0.25) is 6.73 Å².